The average molecular weight is 265 g/mol. The lowest BCUT2D eigenvalue weighted by Crippen LogP contribution is -2.44. The SMILES string of the molecule is CC(C)CNC(C)(CO)c1ccc(OC(C)C)cc1. The monoisotopic (exact) mass is 265 g/mol. The molecule has 0 saturated heterocycles. The predicted molar refractivity (Wildman–Crippen MR) is 79.5 cm³/mol. The van der Waals surface area contributed by atoms with Crippen LogP contribution in [-0.2, 0) is 5.54 Å². The van der Waals surface area contributed by atoms with Crippen molar-refractivity contribution in [2.24, 2.45) is 5.92 Å². The van der Waals surface area contributed by atoms with E-state index in [1.165, 1.54) is 0 Å². The van der Waals surface area contributed by atoms with Gasteiger partial charge in [-0.3, -0.25) is 0 Å². The Hall–Kier alpha value is -1.06. The zero-order valence-electron chi connectivity index (χ0n) is 12.7. The second-order valence-electron chi connectivity index (χ2n) is 5.96. The number of ether oxygens (including phenoxy) is 1. The minimum atomic E-state index is -0.402. The van der Waals surface area contributed by atoms with Gasteiger partial charge in [-0.15, -0.1) is 0 Å². The van der Waals surface area contributed by atoms with E-state index in [4.69, 9.17) is 4.74 Å². The van der Waals surface area contributed by atoms with Gasteiger partial charge in [0.05, 0.1) is 18.2 Å². The Morgan fingerprint density at radius 1 is 1.16 bits per heavy atom. The summed E-state index contributed by atoms with van der Waals surface area (Å²) in [5.74, 6) is 1.41. The molecule has 1 aromatic carbocycles. The van der Waals surface area contributed by atoms with Gasteiger partial charge in [0.15, 0.2) is 0 Å². The highest BCUT2D eigenvalue weighted by Crippen LogP contribution is 2.23. The number of hydrogen-bond acceptors (Lipinski definition) is 3. The zero-order chi connectivity index (χ0) is 14.5. The molecular formula is C16H27NO2. The van der Waals surface area contributed by atoms with Crippen LogP contribution in [0.5, 0.6) is 5.75 Å². The molecule has 0 bridgehead atoms. The van der Waals surface area contributed by atoms with Crippen LogP contribution in [0.2, 0.25) is 0 Å². The van der Waals surface area contributed by atoms with Crippen molar-refractivity contribution in [1.82, 2.24) is 5.32 Å². The smallest absolute Gasteiger partial charge is 0.119 e. The lowest BCUT2D eigenvalue weighted by atomic mass is 9.92. The first-order valence-corrected chi connectivity index (χ1v) is 7.00. The van der Waals surface area contributed by atoms with Crippen molar-refractivity contribution >= 4 is 0 Å². The topological polar surface area (TPSA) is 41.5 Å². The van der Waals surface area contributed by atoms with E-state index >= 15 is 0 Å². The fourth-order valence-corrected chi connectivity index (χ4v) is 1.85. The maximum atomic E-state index is 9.67. The van der Waals surface area contributed by atoms with Crippen molar-refractivity contribution in [3.63, 3.8) is 0 Å². The minimum absolute atomic E-state index is 0.0735. The molecule has 0 radical (unpaired) electrons. The standard InChI is InChI=1S/C16H27NO2/c1-12(2)10-17-16(5,11-18)14-6-8-15(9-7-14)19-13(3)4/h6-9,12-13,17-18H,10-11H2,1-5H3. The van der Waals surface area contributed by atoms with Crippen LogP contribution >= 0.6 is 0 Å². The maximum Gasteiger partial charge on any atom is 0.119 e. The normalized spacial score (nSPS) is 14.7. The number of aliphatic hydroxyl groups is 1. The number of benzene rings is 1. The van der Waals surface area contributed by atoms with Crippen LogP contribution in [-0.4, -0.2) is 24.4 Å². The summed E-state index contributed by atoms with van der Waals surface area (Å²) >= 11 is 0. The first-order chi connectivity index (χ1) is 8.87. The molecule has 0 spiro atoms. The second-order valence-corrected chi connectivity index (χ2v) is 5.96. The van der Waals surface area contributed by atoms with Crippen molar-refractivity contribution in [1.29, 1.82) is 0 Å². The predicted octanol–water partition coefficient (Wildman–Crippen LogP) is 2.93. The number of rotatable bonds is 7. The first kappa shape index (κ1) is 16.0. The maximum absolute atomic E-state index is 9.67. The molecule has 19 heavy (non-hydrogen) atoms. The van der Waals surface area contributed by atoms with E-state index in [2.05, 4.69) is 19.2 Å². The van der Waals surface area contributed by atoms with Crippen molar-refractivity contribution in [3.8, 4) is 5.75 Å². The number of nitrogens with one attached hydrogen (secondary N) is 1. The Morgan fingerprint density at radius 2 is 1.74 bits per heavy atom. The summed E-state index contributed by atoms with van der Waals surface area (Å²) in [6, 6.07) is 7.95. The molecular weight excluding hydrogens is 238 g/mol. The highest BCUT2D eigenvalue weighted by Gasteiger charge is 2.25. The molecule has 0 amide bonds. The number of hydrogen-bond donors (Lipinski definition) is 2. The van der Waals surface area contributed by atoms with Gasteiger partial charge in [-0.2, -0.15) is 0 Å². The summed E-state index contributed by atoms with van der Waals surface area (Å²) in [7, 11) is 0. The zero-order valence-corrected chi connectivity index (χ0v) is 12.7. The molecule has 2 N–H and O–H groups in total. The van der Waals surface area contributed by atoms with Crippen molar-refractivity contribution in [2.45, 2.75) is 46.3 Å². The van der Waals surface area contributed by atoms with Gasteiger partial charge in [0.2, 0.25) is 0 Å². The lowest BCUT2D eigenvalue weighted by Gasteiger charge is -2.30. The fourth-order valence-electron chi connectivity index (χ4n) is 1.85. The van der Waals surface area contributed by atoms with Crippen molar-refractivity contribution in [3.05, 3.63) is 29.8 Å². The van der Waals surface area contributed by atoms with Crippen molar-refractivity contribution in [2.75, 3.05) is 13.2 Å². The molecule has 3 heteroatoms. The van der Waals surface area contributed by atoms with Gasteiger partial charge < -0.3 is 15.2 Å². The summed E-state index contributed by atoms with van der Waals surface area (Å²) in [5.41, 5.74) is 0.674. The van der Waals surface area contributed by atoms with Crippen molar-refractivity contribution < 1.29 is 9.84 Å². The van der Waals surface area contributed by atoms with E-state index in [0.717, 1.165) is 17.9 Å². The molecule has 1 unspecified atom stereocenters. The Balaban J connectivity index is 2.80. The Bertz CT molecular complexity index is 373. The molecule has 0 fully saturated rings. The molecule has 0 heterocycles. The average Bonchev–Trinajstić information content (AvgIpc) is 2.36. The first-order valence-electron chi connectivity index (χ1n) is 7.00. The van der Waals surface area contributed by atoms with Gasteiger partial charge in [0.25, 0.3) is 0 Å². The summed E-state index contributed by atoms with van der Waals surface area (Å²) in [5, 5.41) is 13.1. The molecule has 0 saturated carbocycles. The van der Waals surface area contributed by atoms with Gasteiger partial charge in [-0.1, -0.05) is 26.0 Å². The van der Waals surface area contributed by atoms with Gasteiger partial charge in [0, 0.05) is 0 Å². The van der Waals surface area contributed by atoms with Crippen LogP contribution < -0.4 is 10.1 Å². The quantitative estimate of drug-likeness (QED) is 0.796. The van der Waals surface area contributed by atoms with Gasteiger partial charge in [0.1, 0.15) is 5.75 Å². The highest BCUT2D eigenvalue weighted by molar-refractivity contribution is 5.31. The van der Waals surface area contributed by atoms with Crippen LogP contribution in [0.3, 0.4) is 0 Å². The third-order valence-corrected chi connectivity index (χ3v) is 3.08. The van der Waals surface area contributed by atoms with Gasteiger partial charge in [-0.25, -0.2) is 0 Å². The van der Waals surface area contributed by atoms with E-state index in [1.54, 1.807) is 0 Å². The van der Waals surface area contributed by atoms with Gasteiger partial charge >= 0.3 is 0 Å². The fraction of sp³-hybridized carbons (Fsp3) is 0.625. The van der Waals surface area contributed by atoms with Crippen LogP contribution in [0.1, 0.15) is 40.2 Å². The molecule has 1 rings (SSSR count). The molecule has 1 atom stereocenters. The molecule has 0 aliphatic carbocycles. The summed E-state index contributed by atoms with van der Waals surface area (Å²) in [6.45, 7) is 11.3. The third-order valence-electron chi connectivity index (χ3n) is 3.08. The Labute approximate surface area is 117 Å². The lowest BCUT2D eigenvalue weighted by molar-refractivity contribution is 0.171. The number of aliphatic hydroxyl groups excluding tert-OH is 1. The third kappa shape index (κ3) is 4.84. The molecule has 0 aliphatic heterocycles. The van der Waals surface area contributed by atoms with Crippen LogP contribution in [0.4, 0.5) is 0 Å². The highest BCUT2D eigenvalue weighted by atomic mass is 16.5. The van der Waals surface area contributed by atoms with Crippen LogP contribution in [0.15, 0.2) is 24.3 Å². The van der Waals surface area contributed by atoms with E-state index in [0.29, 0.717) is 5.92 Å². The minimum Gasteiger partial charge on any atom is -0.491 e. The van der Waals surface area contributed by atoms with E-state index < -0.39 is 5.54 Å². The van der Waals surface area contributed by atoms with E-state index in [9.17, 15) is 5.11 Å². The second kappa shape index (κ2) is 6.92. The summed E-state index contributed by atoms with van der Waals surface area (Å²) in [6.07, 6.45) is 0.175. The molecule has 0 aliphatic rings. The summed E-state index contributed by atoms with van der Waals surface area (Å²) < 4.78 is 5.63. The molecule has 108 valence electrons. The van der Waals surface area contributed by atoms with E-state index in [-0.39, 0.29) is 12.7 Å². The van der Waals surface area contributed by atoms with Crippen LogP contribution in [0.25, 0.3) is 0 Å². The van der Waals surface area contributed by atoms with Crippen LogP contribution in [0, 0.1) is 5.92 Å². The molecule has 0 aromatic heterocycles. The molecule has 3 nitrogen and oxygen atoms in total. The Morgan fingerprint density at radius 3 is 2.16 bits per heavy atom. The summed E-state index contributed by atoms with van der Waals surface area (Å²) in [4.78, 5) is 0. The largest absolute Gasteiger partial charge is 0.491 e. The molecule has 1 aromatic rings. The van der Waals surface area contributed by atoms with Gasteiger partial charge in [-0.05, 0) is 50.9 Å². The Kier molecular flexibility index (Phi) is 5.83. The van der Waals surface area contributed by atoms with E-state index in [1.807, 2.05) is 45.0 Å².